The summed E-state index contributed by atoms with van der Waals surface area (Å²) in [5, 5.41) is 9.98. The molecular formula is C18H17F3N2O2. The fraction of sp³-hybridized carbons (Fsp3) is 0.333. The molecule has 2 heterocycles. The number of pyridine rings is 1. The quantitative estimate of drug-likeness (QED) is 0.904. The van der Waals surface area contributed by atoms with Gasteiger partial charge >= 0.3 is 6.18 Å². The van der Waals surface area contributed by atoms with E-state index in [1.807, 2.05) is 0 Å². The van der Waals surface area contributed by atoms with Gasteiger partial charge in [-0.25, -0.2) is 0 Å². The molecule has 0 aliphatic carbocycles. The van der Waals surface area contributed by atoms with E-state index in [-0.39, 0.29) is 18.9 Å². The van der Waals surface area contributed by atoms with Gasteiger partial charge in [-0.1, -0.05) is 12.1 Å². The molecule has 1 amide bonds. The number of alkyl halides is 3. The van der Waals surface area contributed by atoms with Crippen LogP contribution in [0.5, 0.6) is 0 Å². The molecule has 1 saturated heterocycles. The van der Waals surface area contributed by atoms with E-state index < -0.39 is 23.9 Å². The van der Waals surface area contributed by atoms with Crippen molar-refractivity contribution in [3.63, 3.8) is 0 Å². The molecule has 1 aromatic heterocycles. The first-order valence-electron chi connectivity index (χ1n) is 7.83. The molecule has 3 rings (SSSR count). The zero-order chi connectivity index (χ0) is 18.2. The summed E-state index contributed by atoms with van der Waals surface area (Å²) in [4.78, 5) is 18.2. The summed E-state index contributed by atoms with van der Waals surface area (Å²) in [7, 11) is 0. The van der Waals surface area contributed by atoms with Crippen LogP contribution in [-0.2, 0) is 6.18 Å². The molecule has 0 saturated carbocycles. The van der Waals surface area contributed by atoms with Crippen LogP contribution in [-0.4, -0.2) is 33.5 Å². The minimum absolute atomic E-state index is 0.0771. The molecule has 7 heteroatoms. The minimum Gasteiger partial charge on any atom is -0.391 e. The van der Waals surface area contributed by atoms with Gasteiger partial charge in [0, 0.05) is 18.9 Å². The van der Waals surface area contributed by atoms with E-state index in [1.165, 1.54) is 17.2 Å². The minimum atomic E-state index is -4.46. The summed E-state index contributed by atoms with van der Waals surface area (Å²) >= 11 is 0. The Labute approximate surface area is 142 Å². The second-order valence-electron chi connectivity index (χ2n) is 6.24. The third-order valence-corrected chi connectivity index (χ3v) is 4.26. The topological polar surface area (TPSA) is 53.4 Å². The second-order valence-corrected chi connectivity index (χ2v) is 6.24. The second kappa shape index (κ2) is 6.48. The highest BCUT2D eigenvalue weighted by Gasteiger charge is 2.37. The Hall–Kier alpha value is -2.41. The van der Waals surface area contributed by atoms with Crippen molar-refractivity contribution >= 4 is 5.91 Å². The number of aliphatic hydroxyl groups is 1. The maximum atomic E-state index is 13.0. The number of aromatic nitrogens is 1. The van der Waals surface area contributed by atoms with E-state index in [0.717, 1.165) is 17.7 Å². The highest BCUT2D eigenvalue weighted by molar-refractivity contribution is 5.94. The summed E-state index contributed by atoms with van der Waals surface area (Å²) in [6.07, 6.45) is -2.00. The Morgan fingerprint density at radius 1 is 1.28 bits per heavy atom. The molecule has 2 atom stereocenters. The van der Waals surface area contributed by atoms with Crippen LogP contribution < -0.4 is 0 Å². The lowest BCUT2D eigenvalue weighted by Gasteiger charge is -2.25. The summed E-state index contributed by atoms with van der Waals surface area (Å²) in [5.41, 5.74) is 0.753. The number of aryl methyl sites for hydroxylation is 1. The van der Waals surface area contributed by atoms with Crippen LogP contribution in [0.2, 0.25) is 0 Å². The monoisotopic (exact) mass is 350 g/mol. The number of hydrogen-bond donors (Lipinski definition) is 1. The number of carbonyl (C=O) groups excluding carboxylic acids is 1. The number of halogens is 3. The van der Waals surface area contributed by atoms with Gasteiger partial charge in [0.25, 0.3) is 5.91 Å². The number of aliphatic hydroxyl groups excluding tert-OH is 1. The molecular weight excluding hydrogens is 333 g/mol. The van der Waals surface area contributed by atoms with Crippen molar-refractivity contribution in [3.8, 4) is 0 Å². The van der Waals surface area contributed by atoms with E-state index in [9.17, 15) is 23.1 Å². The number of likely N-dealkylation sites (tertiary alicyclic amines) is 1. The third-order valence-electron chi connectivity index (χ3n) is 4.26. The van der Waals surface area contributed by atoms with Gasteiger partial charge in [-0.2, -0.15) is 13.2 Å². The number of hydrogen-bond acceptors (Lipinski definition) is 3. The number of rotatable bonds is 2. The van der Waals surface area contributed by atoms with E-state index >= 15 is 0 Å². The Kier molecular flexibility index (Phi) is 4.51. The van der Waals surface area contributed by atoms with Gasteiger partial charge in [0.05, 0.1) is 23.3 Å². The summed E-state index contributed by atoms with van der Waals surface area (Å²) in [6.45, 7) is 1.88. The van der Waals surface area contributed by atoms with Crippen LogP contribution in [0.25, 0.3) is 0 Å². The predicted molar refractivity (Wildman–Crippen MR) is 84.8 cm³/mol. The first-order chi connectivity index (χ1) is 11.8. The molecule has 0 radical (unpaired) electrons. The van der Waals surface area contributed by atoms with Crippen LogP contribution in [0.1, 0.15) is 39.5 Å². The van der Waals surface area contributed by atoms with Gasteiger partial charge in [-0.15, -0.1) is 0 Å². The first kappa shape index (κ1) is 17.4. The average molecular weight is 350 g/mol. The van der Waals surface area contributed by atoms with Crippen LogP contribution in [0, 0.1) is 6.92 Å². The highest BCUT2D eigenvalue weighted by Crippen LogP contribution is 2.36. The number of β-amino-alcohol motifs (C(OH)–C–C–N with tert-alkyl or cyclic N) is 1. The van der Waals surface area contributed by atoms with Gasteiger partial charge in [-0.05, 0) is 42.7 Å². The van der Waals surface area contributed by atoms with Crippen LogP contribution in [0.15, 0.2) is 42.7 Å². The lowest BCUT2D eigenvalue weighted by atomic mass is 10.0. The first-order valence-corrected chi connectivity index (χ1v) is 7.83. The molecule has 1 aliphatic heterocycles. The number of benzene rings is 1. The van der Waals surface area contributed by atoms with E-state index in [2.05, 4.69) is 4.98 Å². The standard InChI is InChI=1S/C18H17F3N2O2/c1-11-5-13(9-22-8-11)17(25)23-10-15(24)7-16(23)12-3-2-4-14(6-12)18(19,20)21/h2-6,8-9,15-16,24H,7,10H2,1H3. The van der Waals surface area contributed by atoms with Crippen molar-refractivity contribution < 1.29 is 23.1 Å². The van der Waals surface area contributed by atoms with Gasteiger partial charge in [0.1, 0.15) is 0 Å². The molecule has 0 bridgehead atoms. The molecule has 1 fully saturated rings. The van der Waals surface area contributed by atoms with Gasteiger partial charge in [0.2, 0.25) is 0 Å². The Morgan fingerprint density at radius 2 is 2.04 bits per heavy atom. The molecule has 2 unspecified atom stereocenters. The Bertz CT molecular complexity index is 792. The van der Waals surface area contributed by atoms with Crippen molar-refractivity contribution in [3.05, 3.63) is 65.0 Å². The van der Waals surface area contributed by atoms with Crippen LogP contribution in [0.4, 0.5) is 13.2 Å². The predicted octanol–water partition coefficient (Wildman–Crippen LogP) is 3.36. The largest absolute Gasteiger partial charge is 0.416 e. The molecule has 4 nitrogen and oxygen atoms in total. The molecule has 0 spiro atoms. The molecule has 132 valence electrons. The zero-order valence-electron chi connectivity index (χ0n) is 13.5. The maximum absolute atomic E-state index is 13.0. The normalized spacial score (nSPS) is 20.8. The van der Waals surface area contributed by atoms with Crippen molar-refractivity contribution in [2.45, 2.75) is 31.7 Å². The van der Waals surface area contributed by atoms with E-state index in [0.29, 0.717) is 11.1 Å². The summed E-state index contributed by atoms with van der Waals surface area (Å²) in [6, 6.07) is 5.96. The number of amides is 1. The Morgan fingerprint density at radius 3 is 2.72 bits per heavy atom. The van der Waals surface area contributed by atoms with Crippen molar-refractivity contribution in [1.82, 2.24) is 9.88 Å². The van der Waals surface area contributed by atoms with Gasteiger partial charge in [0.15, 0.2) is 0 Å². The SMILES string of the molecule is Cc1cncc(C(=O)N2CC(O)CC2c2cccc(C(F)(F)F)c2)c1. The average Bonchev–Trinajstić information content (AvgIpc) is 2.95. The van der Waals surface area contributed by atoms with E-state index in [4.69, 9.17) is 0 Å². The molecule has 2 aromatic rings. The number of nitrogens with zero attached hydrogens (tertiary/aromatic N) is 2. The van der Waals surface area contributed by atoms with Gasteiger partial charge in [-0.3, -0.25) is 9.78 Å². The van der Waals surface area contributed by atoms with Crippen molar-refractivity contribution in [2.75, 3.05) is 6.54 Å². The highest BCUT2D eigenvalue weighted by atomic mass is 19.4. The van der Waals surface area contributed by atoms with Crippen LogP contribution >= 0.6 is 0 Å². The molecule has 25 heavy (non-hydrogen) atoms. The lowest BCUT2D eigenvalue weighted by molar-refractivity contribution is -0.137. The van der Waals surface area contributed by atoms with Gasteiger partial charge < -0.3 is 10.0 Å². The maximum Gasteiger partial charge on any atom is 0.416 e. The number of carbonyl (C=O) groups is 1. The molecule has 1 aliphatic rings. The Balaban J connectivity index is 1.94. The molecule has 1 N–H and O–H groups in total. The summed E-state index contributed by atoms with van der Waals surface area (Å²) < 4.78 is 38.9. The smallest absolute Gasteiger partial charge is 0.391 e. The molecule has 1 aromatic carbocycles. The zero-order valence-corrected chi connectivity index (χ0v) is 13.5. The third kappa shape index (κ3) is 3.66. The van der Waals surface area contributed by atoms with Crippen LogP contribution in [0.3, 0.4) is 0 Å². The van der Waals surface area contributed by atoms with E-state index in [1.54, 1.807) is 25.3 Å². The van der Waals surface area contributed by atoms with Crippen molar-refractivity contribution in [2.24, 2.45) is 0 Å². The fourth-order valence-corrected chi connectivity index (χ4v) is 3.11. The lowest BCUT2D eigenvalue weighted by Crippen LogP contribution is -2.32. The van der Waals surface area contributed by atoms with Crippen molar-refractivity contribution in [1.29, 1.82) is 0 Å². The fourth-order valence-electron chi connectivity index (χ4n) is 3.11. The summed E-state index contributed by atoms with van der Waals surface area (Å²) in [5.74, 6) is -0.352.